The van der Waals surface area contributed by atoms with Crippen LogP contribution in [-0.4, -0.2) is 37.2 Å². The Hall–Kier alpha value is -2.89. The van der Waals surface area contributed by atoms with Gasteiger partial charge in [0.15, 0.2) is 6.10 Å². The SMILES string of the molecule is CC/C=C\C/C=C\C/C=C\C/C=C\CCCCCCCCCCC(=O)OCC(COC(=O)CCCCCCC/C=C\CCCCCCCCC)OC(=O)CCCCCCCCCCCCCCCCCCCCCC. The van der Waals surface area contributed by atoms with Gasteiger partial charge in [-0.05, 0) is 83.5 Å². The van der Waals surface area contributed by atoms with Crippen molar-refractivity contribution in [2.75, 3.05) is 13.2 Å². The third-order valence-corrected chi connectivity index (χ3v) is 14.5. The van der Waals surface area contributed by atoms with Gasteiger partial charge in [-0.15, -0.1) is 0 Å². The highest BCUT2D eigenvalue weighted by atomic mass is 16.6. The second-order valence-electron chi connectivity index (χ2n) is 22.0. The fraction of sp³-hybridized carbons (Fsp3) is 0.812. The number of esters is 3. The van der Waals surface area contributed by atoms with E-state index in [0.717, 1.165) is 96.3 Å². The van der Waals surface area contributed by atoms with Crippen LogP contribution in [0.5, 0.6) is 0 Å². The lowest BCUT2D eigenvalue weighted by molar-refractivity contribution is -0.167. The highest BCUT2D eigenvalue weighted by molar-refractivity contribution is 5.71. The minimum Gasteiger partial charge on any atom is -0.462 e. The third kappa shape index (κ3) is 61.8. The standard InChI is InChI=1S/C69H124O6/c1-4-7-10-13-16-19-22-25-28-31-33-35-37-38-41-44-47-50-53-56-59-62-68(71)74-65-66(64-73-67(70)61-58-55-52-49-46-43-40-30-27-24-21-18-15-12-9-6-3)75-69(72)63-60-57-54-51-48-45-42-39-36-34-32-29-26-23-20-17-14-11-8-5-2/h7,10,16,19,25,28,30,33,35,40,66H,4-6,8-9,11-15,17-18,20-24,26-27,29,31-32,34,36-39,41-65H2,1-3H3/b10-7-,19-16-,28-25-,35-33-,40-30-. The molecule has 0 fully saturated rings. The molecule has 1 unspecified atom stereocenters. The molecule has 6 nitrogen and oxygen atoms in total. The lowest BCUT2D eigenvalue weighted by Gasteiger charge is -2.18. The molecule has 0 aliphatic carbocycles. The van der Waals surface area contributed by atoms with Gasteiger partial charge in [0.25, 0.3) is 0 Å². The third-order valence-electron chi connectivity index (χ3n) is 14.5. The molecule has 0 aliphatic heterocycles. The van der Waals surface area contributed by atoms with Crippen molar-refractivity contribution in [3.63, 3.8) is 0 Å². The van der Waals surface area contributed by atoms with Gasteiger partial charge in [-0.1, -0.05) is 300 Å². The average Bonchev–Trinajstić information content (AvgIpc) is 3.41. The van der Waals surface area contributed by atoms with Gasteiger partial charge in [-0.25, -0.2) is 0 Å². The topological polar surface area (TPSA) is 78.9 Å². The Labute approximate surface area is 466 Å². The number of carbonyl (C=O) groups excluding carboxylic acids is 3. The number of hydrogen-bond acceptors (Lipinski definition) is 6. The lowest BCUT2D eigenvalue weighted by Crippen LogP contribution is -2.30. The quantitative estimate of drug-likeness (QED) is 0.0261. The molecule has 0 aliphatic rings. The molecule has 0 N–H and O–H groups in total. The summed E-state index contributed by atoms with van der Waals surface area (Å²) in [5.74, 6) is -0.872. The zero-order valence-electron chi connectivity index (χ0n) is 50.1. The maximum absolute atomic E-state index is 12.9. The maximum atomic E-state index is 12.9. The van der Waals surface area contributed by atoms with Crippen LogP contribution in [0.1, 0.15) is 342 Å². The largest absolute Gasteiger partial charge is 0.462 e. The first-order chi connectivity index (χ1) is 37.0. The molecule has 436 valence electrons. The van der Waals surface area contributed by atoms with Gasteiger partial charge in [0.1, 0.15) is 13.2 Å². The lowest BCUT2D eigenvalue weighted by atomic mass is 10.0. The van der Waals surface area contributed by atoms with Gasteiger partial charge in [-0.2, -0.15) is 0 Å². The minimum absolute atomic E-state index is 0.0776. The predicted octanol–water partition coefficient (Wildman–Crippen LogP) is 22.3. The van der Waals surface area contributed by atoms with Crippen molar-refractivity contribution >= 4 is 17.9 Å². The van der Waals surface area contributed by atoms with Crippen molar-refractivity contribution in [3.05, 3.63) is 60.8 Å². The fourth-order valence-corrected chi connectivity index (χ4v) is 9.61. The van der Waals surface area contributed by atoms with E-state index in [2.05, 4.69) is 81.5 Å². The number of carbonyl (C=O) groups is 3. The van der Waals surface area contributed by atoms with Gasteiger partial charge >= 0.3 is 17.9 Å². The molecule has 0 aromatic heterocycles. The van der Waals surface area contributed by atoms with E-state index >= 15 is 0 Å². The van der Waals surface area contributed by atoms with Crippen LogP contribution in [0.2, 0.25) is 0 Å². The summed E-state index contributed by atoms with van der Waals surface area (Å²) in [5.41, 5.74) is 0. The minimum atomic E-state index is -0.780. The Kier molecular flexibility index (Phi) is 61.2. The first-order valence-electron chi connectivity index (χ1n) is 32.8. The molecule has 0 spiro atoms. The summed E-state index contributed by atoms with van der Waals surface area (Å²) < 4.78 is 17.0. The zero-order valence-corrected chi connectivity index (χ0v) is 50.1. The van der Waals surface area contributed by atoms with Crippen LogP contribution in [0.25, 0.3) is 0 Å². The van der Waals surface area contributed by atoms with Crippen LogP contribution < -0.4 is 0 Å². The number of allylic oxidation sites excluding steroid dienone is 10. The summed E-state index contributed by atoms with van der Waals surface area (Å²) in [7, 11) is 0. The van der Waals surface area contributed by atoms with Crippen molar-refractivity contribution in [1.29, 1.82) is 0 Å². The molecular formula is C69H124O6. The first-order valence-corrected chi connectivity index (χ1v) is 32.8. The number of rotatable bonds is 60. The molecule has 6 heteroatoms. The highest BCUT2D eigenvalue weighted by Gasteiger charge is 2.19. The van der Waals surface area contributed by atoms with Crippen LogP contribution in [0, 0.1) is 0 Å². The summed E-state index contributed by atoms with van der Waals surface area (Å²) in [6, 6.07) is 0. The summed E-state index contributed by atoms with van der Waals surface area (Å²) in [6.45, 7) is 6.57. The van der Waals surface area contributed by atoms with Gasteiger partial charge in [-0.3, -0.25) is 14.4 Å². The summed E-state index contributed by atoms with van der Waals surface area (Å²) in [4.78, 5) is 38.4. The maximum Gasteiger partial charge on any atom is 0.306 e. The Morgan fingerprint density at radius 3 is 0.827 bits per heavy atom. The molecule has 0 saturated carbocycles. The number of unbranched alkanes of at least 4 members (excludes halogenated alkanes) is 39. The molecule has 0 rings (SSSR count). The molecule has 1 atom stereocenters. The van der Waals surface area contributed by atoms with Crippen molar-refractivity contribution in [2.24, 2.45) is 0 Å². The van der Waals surface area contributed by atoms with Crippen LogP contribution in [0.3, 0.4) is 0 Å². The van der Waals surface area contributed by atoms with E-state index in [9.17, 15) is 14.4 Å². The monoisotopic (exact) mass is 1050 g/mol. The molecule has 0 radical (unpaired) electrons. The Morgan fingerprint density at radius 1 is 0.280 bits per heavy atom. The summed E-state index contributed by atoms with van der Waals surface area (Å²) in [6.07, 6.45) is 80.8. The Bertz CT molecular complexity index is 1340. The number of hydrogen-bond donors (Lipinski definition) is 0. The molecule has 0 saturated heterocycles. The molecule has 75 heavy (non-hydrogen) atoms. The van der Waals surface area contributed by atoms with E-state index in [0.29, 0.717) is 19.3 Å². The molecular weight excluding hydrogens is 925 g/mol. The van der Waals surface area contributed by atoms with Gasteiger partial charge in [0.2, 0.25) is 0 Å². The average molecular weight is 1050 g/mol. The first kappa shape index (κ1) is 72.1. The fourth-order valence-electron chi connectivity index (χ4n) is 9.61. The van der Waals surface area contributed by atoms with Crippen molar-refractivity contribution in [2.45, 2.75) is 348 Å². The second-order valence-corrected chi connectivity index (χ2v) is 22.0. The predicted molar refractivity (Wildman–Crippen MR) is 325 cm³/mol. The van der Waals surface area contributed by atoms with E-state index in [1.54, 1.807) is 0 Å². The highest BCUT2D eigenvalue weighted by Crippen LogP contribution is 2.17. The van der Waals surface area contributed by atoms with Crippen LogP contribution in [-0.2, 0) is 28.6 Å². The molecule has 0 heterocycles. The number of ether oxygens (including phenoxy) is 3. The van der Waals surface area contributed by atoms with E-state index in [1.807, 2.05) is 0 Å². The normalized spacial score (nSPS) is 12.4. The summed E-state index contributed by atoms with van der Waals surface area (Å²) in [5, 5.41) is 0. The molecule has 0 bridgehead atoms. The van der Waals surface area contributed by atoms with E-state index < -0.39 is 6.10 Å². The van der Waals surface area contributed by atoms with Crippen LogP contribution >= 0.6 is 0 Å². The van der Waals surface area contributed by atoms with Crippen molar-refractivity contribution in [3.8, 4) is 0 Å². The Morgan fingerprint density at radius 2 is 0.520 bits per heavy atom. The summed E-state index contributed by atoms with van der Waals surface area (Å²) >= 11 is 0. The van der Waals surface area contributed by atoms with E-state index in [4.69, 9.17) is 14.2 Å². The van der Waals surface area contributed by atoms with Crippen molar-refractivity contribution in [1.82, 2.24) is 0 Å². The molecule has 0 aromatic carbocycles. The second kappa shape index (κ2) is 63.6. The van der Waals surface area contributed by atoms with Gasteiger partial charge in [0, 0.05) is 19.3 Å². The van der Waals surface area contributed by atoms with E-state index in [-0.39, 0.29) is 31.1 Å². The van der Waals surface area contributed by atoms with Gasteiger partial charge < -0.3 is 14.2 Å². The van der Waals surface area contributed by atoms with Crippen molar-refractivity contribution < 1.29 is 28.6 Å². The van der Waals surface area contributed by atoms with Gasteiger partial charge in [0.05, 0.1) is 0 Å². The Balaban J connectivity index is 4.35. The zero-order chi connectivity index (χ0) is 54.3. The van der Waals surface area contributed by atoms with E-state index in [1.165, 1.54) is 205 Å². The smallest absolute Gasteiger partial charge is 0.306 e. The van der Waals surface area contributed by atoms with Crippen LogP contribution in [0.4, 0.5) is 0 Å². The molecule has 0 aromatic rings. The van der Waals surface area contributed by atoms with Crippen LogP contribution in [0.15, 0.2) is 60.8 Å². The molecule has 0 amide bonds.